The van der Waals surface area contributed by atoms with Crippen molar-refractivity contribution in [3.8, 4) is 0 Å². The van der Waals surface area contributed by atoms with E-state index in [1.165, 1.54) is 18.4 Å². The van der Waals surface area contributed by atoms with Crippen molar-refractivity contribution >= 4 is 23.3 Å². The summed E-state index contributed by atoms with van der Waals surface area (Å²) in [6, 6.07) is 19.1. The quantitative estimate of drug-likeness (QED) is 0.823. The maximum atomic E-state index is 12.3. The first kappa shape index (κ1) is 17.4. The van der Waals surface area contributed by atoms with Gasteiger partial charge in [0.15, 0.2) is 0 Å². The molecule has 2 heterocycles. The Kier molecular flexibility index (Phi) is 5.14. The molecule has 26 heavy (non-hydrogen) atoms. The monoisotopic (exact) mass is 369 g/mol. The second kappa shape index (κ2) is 7.68. The topological polar surface area (TPSA) is 44.4 Å². The third-order valence-corrected chi connectivity index (χ3v) is 5.88. The molecule has 0 aromatic heterocycles. The summed E-state index contributed by atoms with van der Waals surface area (Å²) in [6.45, 7) is 1.01. The number of para-hydroxylation sites is 1. The van der Waals surface area contributed by atoms with Gasteiger partial charge in [-0.05, 0) is 43.4 Å². The number of amides is 2. The zero-order valence-electron chi connectivity index (χ0n) is 14.7. The molecular weight excluding hydrogens is 346 g/mol. The van der Waals surface area contributed by atoms with Crippen molar-refractivity contribution in [1.29, 1.82) is 0 Å². The molecule has 2 aliphatic heterocycles. The molecule has 2 N–H and O–H groups in total. The van der Waals surface area contributed by atoms with E-state index in [0.29, 0.717) is 22.8 Å². The highest BCUT2D eigenvalue weighted by Gasteiger charge is 2.40. The first-order valence-electron chi connectivity index (χ1n) is 9.31. The molecule has 2 saturated heterocycles. The predicted molar refractivity (Wildman–Crippen MR) is 105 cm³/mol. The minimum atomic E-state index is -0.168. The summed E-state index contributed by atoms with van der Waals surface area (Å²) >= 11 is 6.11. The molecular formula is C21H24ClN3O. The van der Waals surface area contributed by atoms with Gasteiger partial charge < -0.3 is 10.6 Å². The smallest absolute Gasteiger partial charge is 0.319 e. The number of benzene rings is 2. The number of anilines is 1. The predicted octanol–water partition coefficient (Wildman–Crippen LogP) is 4.66. The van der Waals surface area contributed by atoms with E-state index < -0.39 is 0 Å². The molecule has 2 bridgehead atoms. The van der Waals surface area contributed by atoms with Gasteiger partial charge >= 0.3 is 6.03 Å². The average molecular weight is 370 g/mol. The van der Waals surface area contributed by atoms with Crippen molar-refractivity contribution in [2.24, 2.45) is 0 Å². The van der Waals surface area contributed by atoms with Crippen molar-refractivity contribution in [2.75, 3.05) is 5.32 Å². The van der Waals surface area contributed by atoms with Crippen molar-refractivity contribution in [3.63, 3.8) is 0 Å². The number of carbonyl (C=O) groups is 1. The summed E-state index contributed by atoms with van der Waals surface area (Å²) in [5, 5.41) is 6.56. The van der Waals surface area contributed by atoms with Gasteiger partial charge in [0.25, 0.3) is 0 Å². The van der Waals surface area contributed by atoms with Crippen molar-refractivity contribution in [1.82, 2.24) is 10.2 Å². The van der Waals surface area contributed by atoms with E-state index in [-0.39, 0.29) is 12.1 Å². The SMILES string of the molecule is O=C(Nc1ccccc1Cl)NC1C[C@H]2CC[C@H](C1)N2Cc1ccccc1. The Morgan fingerprint density at radius 1 is 1.00 bits per heavy atom. The van der Waals surface area contributed by atoms with E-state index in [9.17, 15) is 4.79 Å². The molecule has 4 rings (SSSR count). The summed E-state index contributed by atoms with van der Waals surface area (Å²) in [5.41, 5.74) is 2.02. The van der Waals surface area contributed by atoms with Crippen LogP contribution in [0.3, 0.4) is 0 Å². The highest BCUT2D eigenvalue weighted by atomic mass is 35.5. The number of carbonyl (C=O) groups excluding carboxylic acids is 1. The van der Waals surface area contributed by atoms with Crippen LogP contribution >= 0.6 is 11.6 Å². The van der Waals surface area contributed by atoms with Crippen LogP contribution in [0.25, 0.3) is 0 Å². The Hall–Kier alpha value is -2.04. The lowest BCUT2D eigenvalue weighted by molar-refractivity contribution is 0.112. The van der Waals surface area contributed by atoms with Crippen molar-refractivity contribution in [3.05, 3.63) is 65.2 Å². The molecule has 5 heteroatoms. The number of hydrogen-bond donors (Lipinski definition) is 2. The minimum absolute atomic E-state index is 0.168. The summed E-state index contributed by atoms with van der Waals surface area (Å²) in [4.78, 5) is 15.0. The molecule has 2 amide bonds. The van der Waals surface area contributed by atoms with Crippen LogP contribution in [-0.4, -0.2) is 29.1 Å². The van der Waals surface area contributed by atoms with Crippen molar-refractivity contribution in [2.45, 2.75) is 50.4 Å². The number of urea groups is 1. The van der Waals surface area contributed by atoms with E-state index in [4.69, 9.17) is 11.6 Å². The van der Waals surface area contributed by atoms with E-state index >= 15 is 0 Å². The zero-order valence-corrected chi connectivity index (χ0v) is 15.5. The summed E-state index contributed by atoms with van der Waals surface area (Å²) in [7, 11) is 0. The van der Waals surface area contributed by atoms with E-state index in [1.54, 1.807) is 6.07 Å². The molecule has 136 valence electrons. The number of nitrogens with one attached hydrogen (secondary N) is 2. The number of halogens is 1. The molecule has 0 aliphatic carbocycles. The lowest BCUT2D eigenvalue weighted by Crippen LogP contribution is -2.50. The number of hydrogen-bond acceptors (Lipinski definition) is 2. The van der Waals surface area contributed by atoms with Crippen LogP contribution in [0.1, 0.15) is 31.2 Å². The molecule has 4 nitrogen and oxygen atoms in total. The molecule has 2 atom stereocenters. The van der Waals surface area contributed by atoms with Gasteiger partial charge in [-0.2, -0.15) is 0 Å². The third kappa shape index (κ3) is 3.87. The minimum Gasteiger partial charge on any atom is -0.335 e. The summed E-state index contributed by atoms with van der Waals surface area (Å²) < 4.78 is 0. The normalized spacial score (nSPS) is 25.0. The molecule has 2 aromatic rings. The second-order valence-electron chi connectivity index (χ2n) is 7.29. The first-order valence-corrected chi connectivity index (χ1v) is 9.68. The van der Waals surface area contributed by atoms with Gasteiger partial charge in [-0.15, -0.1) is 0 Å². The number of rotatable bonds is 4. The molecule has 2 aromatic carbocycles. The molecule has 0 radical (unpaired) electrons. The first-order chi connectivity index (χ1) is 12.7. The van der Waals surface area contributed by atoms with Crippen LogP contribution in [0, 0.1) is 0 Å². The summed E-state index contributed by atoms with van der Waals surface area (Å²) in [6.07, 6.45) is 4.47. The number of piperidine rings is 1. The van der Waals surface area contributed by atoms with Crippen LogP contribution in [0.5, 0.6) is 0 Å². The third-order valence-electron chi connectivity index (χ3n) is 5.55. The van der Waals surface area contributed by atoms with Crippen LogP contribution in [0.15, 0.2) is 54.6 Å². The van der Waals surface area contributed by atoms with Crippen LogP contribution in [-0.2, 0) is 6.54 Å². The molecule has 0 unspecified atom stereocenters. The van der Waals surface area contributed by atoms with Gasteiger partial charge in [-0.25, -0.2) is 4.79 Å². The van der Waals surface area contributed by atoms with E-state index in [1.807, 2.05) is 18.2 Å². The molecule has 0 spiro atoms. The Morgan fingerprint density at radius 2 is 1.65 bits per heavy atom. The molecule has 0 saturated carbocycles. The fourth-order valence-corrected chi connectivity index (χ4v) is 4.53. The highest BCUT2D eigenvalue weighted by molar-refractivity contribution is 6.33. The van der Waals surface area contributed by atoms with Crippen LogP contribution in [0.4, 0.5) is 10.5 Å². The van der Waals surface area contributed by atoms with Gasteiger partial charge in [0, 0.05) is 24.7 Å². The Bertz CT molecular complexity index is 753. The summed E-state index contributed by atoms with van der Waals surface area (Å²) in [5.74, 6) is 0. The molecule has 2 fully saturated rings. The van der Waals surface area contributed by atoms with Crippen LogP contribution < -0.4 is 10.6 Å². The lowest BCUT2D eigenvalue weighted by atomic mass is 9.96. The fourth-order valence-electron chi connectivity index (χ4n) is 4.35. The highest BCUT2D eigenvalue weighted by Crippen LogP contribution is 2.36. The largest absolute Gasteiger partial charge is 0.335 e. The Labute approximate surface area is 159 Å². The van der Waals surface area contributed by atoms with Crippen molar-refractivity contribution < 1.29 is 4.79 Å². The Morgan fingerprint density at radius 3 is 2.35 bits per heavy atom. The number of nitrogens with zero attached hydrogens (tertiary/aromatic N) is 1. The van der Waals surface area contributed by atoms with Gasteiger partial charge in [-0.3, -0.25) is 4.90 Å². The number of fused-ring (bicyclic) bond motifs is 2. The zero-order chi connectivity index (χ0) is 17.9. The van der Waals surface area contributed by atoms with Crippen LogP contribution in [0.2, 0.25) is 5.02 Å². The van der Waals surface area contributed by atoms with Gasteiger partial charge in [0.1, 0.15) is 0 Å². The second-order valence-corrected chi connectivity index (χ2v) is 7.70. The lowest BCUT2D eigenvalue weighted by Gasteiger charge is -2.39. The maximum Gasteiger partial charge on any atom is 0.319 e. The van der Waals surface area contributed by atoms with Gasteiger partial charge in [-0.1, -0.05) is 54.1 Å². The van der Waals surface area contributed by atoms with E-state index in [2.05, 4.69) is 45.9 Å². The van der Waals surface area contributed by atoms with Gasteiger partial charge in [0.2, 0.25) is 0 Å². The van der Waals surface area contributed by atoms with Gasteiger partial charge in [0.05, 0.1) is 10.7 Å². The maximum absolute atomic E-state index is 12.3. The fraction of sp³-hybridized carbons (Fsp3) is 0.381. The average Bonchev–Trinajstić information content (AvgIpc) is 2.87. The standard InChI is InChI=1S/C21H24ClN3O/c22-19-8-4-5-9-20(19)24-21(26)23-16-12-17-10-11-18(13-16)25(17)14-15-6-2-1-3-7-15/h1-9,16-18H,10-14H2,(H2,23,24,26)/t17-,18-/m1/s1. The Balaban J connectivity index is 1.34. The molecule has 2 aliphatic rings. The van der Waals surface area contributed by atoms with E-state index in [0.717, 1.165) is 19.4 Å².